The van der Waals surface area contributed by atoms with E-state index in [-0.39, 0.29) is 17.8 Å². The first kappa shape index (κ1) is 14.9. The smallest absolute Gasteiger partial charge is 0.246 e. The fourth-order valence-electron chi connectivity index (χ4n) is 1.63. The summed E-state index contributed by atoms with van der Waals surface area (Å²) in [6.07, 6.45) is 3.41. The van der Waals surface area contributed by atoms with Gasteiger partial charge in [-0.15, -0.1) is 0 Å². The van der Waals surface area contributed by atoms with Gasteiger partial charge in [0.15, 0.2) is 0 Å². The molecule has 0 saturated heterocycles. The van der Waals surface area contributed by atoms with E-state index in [0.29, 0.717) is 13.0 Å². The first-order chi connectivity index (χ1) is 9.04. The summed E-state index contributed by atoms with van der Waals surface area (Å²) in [5, 5.41) is 8.57. The van der Waals surface area contributed by atoms with Crippen LogP contribution in [-0.4, -0.2) is 23.4 Å². The number of hydrogen-bond acceptors (Lipinski definition) is 2. The number of nitrogens with zero attached hydrogens (tertiary/aromatic N) is 2. The first-order valence-electron chi connectivity index (χ1n) is 6.16. The monoisotopic (exact) mass is 260 g/mol. The predicted octanol–water partition coefficient (Wildman–Crippen LogP) is 2.99. The highest BCUT2D eigenvalue weighted by Gasteiger charge is 2.13. The van der Waals surface area contributed by atoms with Gasteiger partial charge in [-0.3, -0.25) is 4.79 Å². The number of amides is 1. The van der Waals surface area contributed by atoms with Gasteiger partial charge in [-0.25, -0.2) is 4.39 Å². The van der Waals surface area contributed by atoms with Crippen molar-refractivity contribution in [2.24, 2.45) is 0 Å². The number of benzene rings is 1. The summed E-state index contributed by atoms with van der Waals surface area (Å²) >= 11 is 0. The van der Waals surface area contributed by atoms with E-state index < -0.39 is 0 Å². The van der Waals surface area contributed by atoms with Crippen molar-refractivity contribution in [3.63, 3.8) is 0 Å². The zero-order chi connectivity index (χ0) is 14.3. The second-order valence-corrected chi connectivity index (χ2v) is 4.42. The molecule has 0 aliphatic carbocycles. The minimum absolute atomic E-state index is 0.0405. The number of hydrogen-bond donors (Lipinski definition) is 0. The normalized spacial score (nSPS) is 10.7. The topological polar surface area (TPSA) is 44.1 Å². The quantitative estimate of drug-likeness (QED) is 0.764. The van der Waals surface area contributed by atoms with Crippen LogP contribution in [0.15, 0.2) is 30.3 Å². The first-order valence-corrected chi connectivity index (χ1v) is 6.16. The van der Waals surface area contributed by atoms with Gasteiger partial charge < -0.3 is 4.90 Å². The lowest BCUT2D eigenvalue weighted by atomic mass is 10.2. The standard InChI is InChI=1S/C15H17FN2O/c1-12(2)18(11-3-10-17)15(19)9-6-13-4-7-14(16)8-5-13/h4-9,12H,3,11H2,1-2H3/b9-6-. The molecule has 0 saturated carbocycles. The van der Waals surface area contributed by atoms with Gasteiger partial charge in [0.1, 0.15) is 5.82 Å². The van der Waals surface area contributed by atoms with Crippen LogP contribution in [0.4, 0.5) is 4.39 Å². The molecule has 3 nitrogen and oxygen atoms in total. The van der Waals surface area contributed by atoms with Gasteiger partial charge >= 0.3 is 0 Å². The van der Waals surface area contributed by atoms with Crippen molar-refractivity contribution in [2.75, 3.05) is 6.54 Å². The van der Waals surface area contributed by atoms with Gasteiger partial charge in [0.2, 0.25) is 5.91 Å². The molecule has 19 heavy (non-hydrogen) atoms. The molecule has 0 aliphatic rings. The van der Waals surface area contributed by atoms with E-state index in [1.54, 1.807) is 23.1 Å². The van der Waals surface area contributed by atoms with Crippen LogP contribution in [0, 0.1) is 17.1 Å². The maximum atomic E-state index is 12.7. The Balaban J connectivity index is 2.70. The Bertz CT molecular complexity index is 486. The van der Waals surface area contributed by atoms with Crippen LogP contribution in [-0.2, 0) is 4.79 Å². The Morgan fingerprint density at radius 1 is 1.42 bits per heavy atom. The van der Waals surface area contributed by atoms with Crippen molar-refractivity contribution in [3.8, 4) is 6.07 Å². The SMILES string of the molecule is CC(C)N(CCC#N)C(=O)/C=C\c1ccc(F)cc1. The molecule has 1 amide bonds. The van der Waals surface area contributed by atoms with Gasteiger partial charge in [-0.1, -0.05) is 12.1 Å². The van der Waals surface area contributed by atoms with Crippen LogP contribution in [0.25, 0.3) is 6.08 Å². The average molecular weight is 260 g/mol. The Kier molecular flexibility index (Phi) is 5.74. The molecule has 4 heteroatoms. The van der Waals surface area contributed by atoms with Gasteiger partial charge in [0.25, 0.3) is 0 Å². The summed E-state index contributed by atoms with van der Waals surface area (Å²) in [5.74, 6) is -0.448. The van der Waals surface area contributed by atoms with Gasteiger partial charge in [0, 0.05) is 18.7 Å². The fourth-order valence-corrected chi connectivity index (χ4v) is 1.63. The van der Waals surface area contributed by atoms with Crippen molar-refractivity contribution in [1.82, 2.24) is 4.90 Å². The van der Waals surface area contributed by atoms with E-state index in [1.807, 2.05) is 19.9 Å². The lowest BCUT2D eigenvalue weighted by molar-refractivity contribution is -0.127. The van der Waals surface area contributed by atoms with E-state index >= 15 is 0 Å². The lowest BCUT2D eigenvalue weighted by Crippen LogP contribution is -2.36. The zero-order valence-electron chi connectivity index (χ0n) is 11.1. The predicted molar refractivity (Wildman–Crippen MR) is 72.5 cm³/mol. The number of nitriles is 1. The molecule has 0 spiro atoms. The molecule has 1 aromatic rings. The molecule has 0 bridgehead atoms. The maximum Gasteiger partial charge on any atom is 0.246 e. The Labute approximate surface area is 113 Å². The van der Waals surface area contributed by atoms with Gasteiger partial charge in [0.05, 0.1) is 12.5 Å². The van der Waals surface area contributed by atoms with E-state index in [0.717, 1.165) is 5.56 Å². The number of carbonyl (C=O) groups excluding carboxylic acids is 1. The number of halogens is 1. The third-order valence-electron chi connectivity index (χ3n) is 2.66. The average Bonchev–Trinajstić information content (AvgIpc) is 2.38. The summed E-state index contributed by atoms with van der Waals surface area (Å²) in [4.78, 5) is 13.6. The molecule has 0 fully saturated rings. The molecular weight excluding hydrogens is 243 g/mol. The molecular formula is C15H17FN2O. The Morgan fingerprint density at radius 3 is 2.58 bits per heavy atom. The third-order valence-corrected chi connectivity index (χ3v) is 2.66. The second-order valence-electron chi connectivity index (χ2n) is 4.42. The minimum atomic E-state index is -0.304. The van der Waals surface area contributed by atoms with Crippen LogP contribution in [0.2, 0.25) is 0 Å². The molecule has 0 atom stereocenters. The van der Waals surface area contributed by atoms with Crippen molar-refractivity contribution in [3.05, 3.63) is 41.7 Å². The molecule has 1 aromatic carbocycles. The molecule has 0 unspecified atom stereocenters. The molecule has 0 heterocycles. The summed E-state index contributed by atoms with van der Waals surface area (Å²) in [6, 6.07) is 7.97. The largest absolute Gasteiger partial charge is 0.336 e. The maximum absolute atomic E-state index is 12.7. The van der Waals surface area contributed by atoms with Crippen LogP contribution in [0.3, 0.4) is 0 Å². The van der Waals surface area contributed by atoms with Crippen molar-refractivity contribution in [2.45, 2.75) is 26.3 Å². The van der Waals surface area contributed by atoms with Crippen LogP contribution >= 0.6 is 0 Å². The highest BCUT2D eigenvalue weighted by Crippen LogP contribution is 2.07. The molecule has 1 rings (SSSR count). The van der Waals surface area contributed by atoms with Crippen molar-refractivity contribution in [1.29, 1.82) is 5.26 Å². The second kappa shape index (κ2) is 7.32. The van der Waals surface area contributed by atoms with Gasteiger partial charge in [-0.05, 0) is 37.6 Å². The molecule has 0 N–H and O–H groups in total. The van der Waals surface area contributed by atoms with Crippen molar-refractivity contribution >= 4 is 12.0 Å². The van der Waals surface area contributed by atoms with Gasteiger partial charge in [-0.2, -0.15) is 5.26 Å². The van der Waals surface area contributed by atoms with Crippen LogP contribution < -0.4 is 0 Å². The summed E-state index contributed by atoms with van der Waals surface area (Å²) in [5.41, 5.74) is 0.763. The highest BCUT2D eigenvalue weighted by atomic mass is 19.1. The number of rotatable bonds is 5. The van der Waals surface area contributed by atoms with Crippen LogP contribution in [0.5, 0.6) is 0 Å². The number of carbonyl (C=O) groups is 1. The van der Waals surface area contributed by atoms with E-state index in [9.17, 15) is 9.18 Å². The van der Waals surface area contributed by atoms with E-state index in [4.69, 9.17) is 5.26 Å². The minimum Gasteiger partial charge on any atom is -0.336 e. The molecule has 100 valence electrons. The van der Waals surface area contributed by atoms with Crippen LogP contribution in [0.1, 0.15) is 25.8 Å². The van der Waals surface area contributed by atoms with E-state index in [2.05, 4.69) is 0 Å². The molecule has 0 aliphatic heterocycles. The summed E-state index contributed by atoms with van der Waals surface area (Å²) < 4.78 is 12.7. The lowest BCUT2D eigenvalue weighted by Gasteiger charge is -2.24. The zero-order valence-corrected chi connectivity index (χ0v) is 11.1. The van der Waals surface area contributed by atoms with Crippen molar-refractivity contribution < 1.29 is 9.18 Å². The molecule has 0 radical (unpaired) electrons. The fraction of sp³-hybridized carbons (Fsp3) is 0.333. The summed E-state index contributed by atoms with van der Waals surface area (Å²) in [7, 11) is 0. The summed E-state index contributed by atoms with van der Waals surface area (Å²) in [6.45, 7) is 4.22. The molecule has 0 aromatic heterocycles. The van der Waals surface area contributed by atoms with E-state index in [1.165, 1.54) is 18.2 Å². The third kappa shape index (κ3) is 4.92. The highest BCUT2D eigenvalue weighted by molar-refractivity contribution is 5.91. The Hall–Kier alpha value is -2.15. The Morgan fingerprint density at radius 2 is 2.05 bits per heavy atom.